The van der Waals surface area contributed by atoms with Crippen LogP contribution in [0.3, 0.4) is 0 Å². The third-order valence-electron chi connectivity index (χ3n) is 2.72. The van der Waals surface area contributed by atoms with Crippen LogP contribution in [0.25, 0.3) is 17.0 Å². The zero-order valence-electron chi connectivity index (χ0n) is 9.51. The Balaban J connectivity index is 2.31. The number of hydrogen-bond acceptors (Lipinski definition) is 3. The molecule has 0 aliphatic rings. The Bertz CT molecular complexity index is 819. The highest BCUT2D eigenvalue weighted by Crippen LogP contribution is 2.32. The molecule has 0 saturated heterocycles. The van der Waals surface area contributed by atoms with Crippen molar-refractivity contribution in [2.75, 3.05) is 0 Å². The Morgan fingerprint density at radius 2 is 2.05 bits per heavy atom. The van der Waals surface area contributed by atoms with E-state index < -0.39 is 0 Å². The maximum atomic E-state index is 8.96. The number of nitriles is 1. The highest BCUT2D eigenvalue weighted by molar-refractivity contribution is 9.10. The molecule has 6 heteroatoms. The summed E-state index contributed by atoms with van der Waals surface area (Å²) in [7, 11) is 0. The van der Waals surface area contributed by atoms with Gasteiger partial charge < -0.3 is 0 Å². The predicted molar refractivity (Wildman–Crippen MR) is 75.8 cm³/mol. The van der Waals surface area contributed by atoms with E-state index in [2.05, 4.69) is 32.2 Å². The number of halogens is 2. The molecule has 4 nitrogen and oxygen atoms in total. The molecule has 0 aliphatic heterocycles. The first-order valence-electron chi connectivity index (χ1n) is 5.40. The molecule has 92 valence electrons. The van der Waals surface area contributed by atoms with Crippen molar-refractivity contribution in [1.82, 2.24) is 14.6 Å². The number of benzene rings is 1. The summed E-state index contributed by atoms with van der Waals surface area (Å²) in [4.78, 5) is 0. The first-order chi connectivity index (χ1) is 9.20. The second-order valence-corrected chi connectivity index (χ2v) is 5.12. The lowest BCUT2D eigenvalue weighted by molar-refractivity contribution is 1.11. The molecule has 0 amide bonds. The molecular formula is C13H6BrClN4. The topological polar surface area (TPSA) is 54.0 Å². The number of pyridine rings is 1. The van der Waals surface area contributed by atoms with Crippen LogP contribution < -0.4 is 0 Å². The fraction of sp³-hybridized carbons (Fsp3) is 0. The maximum Gasteiger partial charge on any atom is 0.169 e. The van der Waals surface area contributed by atoms with Gasteiger partial charge in [0.2, 0.25) is 0 Å². The van der Waals surface area contributed by atoms with Crippen molar-refractivity contribution in [1.29, 1.82) is 5.26 Å². The molecule has 1 aromatic carbocycles. The smallest absolute Gasteiger partial charge is 0.169 e. The van der Waals surface area contributed by atoms with Gasteiger partial charge in [-0.15, -0.1) is 10.2 Å². The maximum absolute atomic E-state index is 8.96. The van der Waals surface area contributed by atoms with Gasteiger partial charge in [0.05, 0.1) is 10.6 Å². The predicted octanol–water partition coefficient (Wildman–Crippen LogP) is 3.68. The fourth-order valence-corrected chi connectivity index (χ4v) is 2.39. The molecule has 2 aromatic heterocycles. The van der Waals surface area contributed by atoms with Gasteiger partial charge >= 0.3 is 0 Å². The van der Waals surface area contributed by atoms with Crippen LogP contribution in [-0.2, 0) is 0 Å². The molecule has 3 rings (SSSR count). The van der Waals surface area contributed by atoms with Crippen molar-refractivity contribution in [3.05, 3.63) is 51.6 Å². The van der Waals surface area contributed by atoms with E-state index in [0.717, 1.165) is 10.0 Å². The Labute approximate surface area is 122 Å². The average Bonchev–Trinajstić information content (AvgIpc) is 2.84. The van der Waals surface area contributed by atoms with Crippen molar-refractivity contribution >= 4 is 33.2 Å². The zero-order valence-corrected chi connectivity index (χ0v) is 11.9. The third-order valence-corrected chi connectivity index (χ3v) is 4.02. The summed E-state index contributed by atoms with van der Waals surface area (Å²) < 4.78 is 2.55. The zero-order chi connectivity index (χ0) is 13.4. The number of aromatic nitrogens is 3. The van der Waals surface area contributed by atoms with Crippen molar-refractivity contribution in [3.63, 3.8) is 0 Å². The van der Waals surface area contributed by atoms with E-state index in [1.54, 1.807) is 22.7 Å². The molecule has 0 aliphatic carbocycles. The van der Waals surface area contributed by atoms with Crippen LogP contribution in [0.5, 0.6) is 0 Å². The summed E-state index contributed by atoms with van der Waals surface area (Å²) in [5, 5.41) is 17.7. The van der Waals surface area contributed by atoms with Gasteiger partial charge in [-0.25, -0.2) is 0 Å². The lowest BCUT2D eigenvalue weighted by Gasteiger charge is -2.04. The van der Waals surface area contributed by atoms with Crippen LogP contribution in [0.1, 0.15) is 5.56 Å². The van der Waals surface area contributed by atoms with Crippen molar-refractivity contribution in [2.45, 2.75) is 0 Å². The molecule has 0 fully saturated rings. The number of nitrogens with zero attached hydrogens (tertiary/aromatic N) is 4. The quantitative estimate of drug-likeness (QED) is 0.682. The average molecular weight is 334 g/mol. The Morgan fingerprint density at radius 1 is 1.21 bits per heavy atom. The van der Waals surface area contributed by atoms with Gasteiger partial charge in [0.1, 0.15) is 6.07 Å². The van der Waals surface area contributed by atoms with E-state index in [-0.39, 0.29) is 0 Å². The van der Waals surface area contributed by atoms with Crippen LogP contribution >= 0.6 is 27.5 Å². The SMILES string of the molecule is N#Cc1ccc2nnc(-c3cccc(Br)c3Cl)n2c1. The highest BCUT2D eigenvalue weighted by atomic mass is 79.9. The summed E-state index contributed by atoms with van der Waals surface area (Å²) in [6, 6.07) is 11.1. The summed E-state index contributed by atoms with van der Waals surface area (Å²) >= 11 is 9.65. The fourth-order valence-electron chi connectivity index (χ4n) is 1.82. The minimum Gasteiger partial charge on any atom is -0.281 e. The summed E-state index contributed by atoms with van der Waals surface area (Å²) in [5.74, 6) is 0.610. The molecule has 0 spiro atoms. The molecule has 0 saturated carbocycles. The monoisotopic (exact) mass is 332 g/mol. The molecule has 3 aromatic rings. The lowest BCUT2D eigenvalue weighted by atomic mass is 10.2. The number of rotatable bonds is 1. The first-order valence-corrected chi connectivity index (χ1v) is 6.57. The van der Waals surface area contributed by atoms with Gasteiger partial charge in [0.15, 0.2) is 11.5 Å². The van der Waals surface area contributed by atoms with E-state index in [1.807, 2.05) is 18.2 Å². The van der Waals surface area contributed by atoms with Gasteiger partial charge in [0, 0.05) is 16.2 Å². The van der Waals surface area contributed by atoms with Crippen LogP contribution in [0.2, 0.25) is 5.02 Å². The number of fused-ring (bicyclic) bond motifs is 1. The van der Waals surface area contributed by atoms with Crippen molar-refractivity contribution < 1.29 is 0 Å². The molecule has 0 radical (unpaired) electrons. The lowest BCUT2D eigenvalue weighted by Crippen LogP contribution is -1.91. The van der Waals surface area contributed by atoms with Gasteiger partial charge in [-0.2, -0.15) is 5.26 Å². The third kappa shape index (κ3) is 1.99. The van der Waals surface area contributed by atoms with E-state index in [1.165, 1.54) is 0 Å². The van der Waals surface area contributed by atoms with Gasteiger partial charge in [-0.05, 0) is 40.2 Å². The van der Waals surface area contributed by atoms with Crippen molar-refractivity contribution in [2.24, 2.45) is 0 Å². The van der Waals surface area contributed by atoms with Crippen LogP contribution in [-0.4, -0.2) is 14.6 Å². The van der Waals surface area contributed by atoms with Gasteiger partial charge in [-0.1, -0.05) is 17.7 Å². The van der Waals surface area contributed by atoms with Crippen LogP contribution in [0, 0.1) is 11.3 Å². The van der Waals surface area contributed by atoms with Crippen LogP contribution in [0.4, 0.5) is 0 Å². The highest BCUT2D eigenvalue weighted by Gasteiger charge is 2.13. The standard InChI is InChI=1S/C13H6BrClN4/c14-10-3-1-2-9(12(10)15)13-18-17-11-5-4-8(6-16)7-19(11)13/h1-5,7H. The molecule has 19 heavy (non-hydrogen) atoms. The summed E-state index contributed by atoms with van der Waals surface area (Å²) in [5.41, 5.74) is 1.98. The van der Waals surface area contributed by atoms with Crippen molar-refractivity contribution in [3.8, 4) is 17.5 Å². The summed E-state index contributed by atoms with van der Waals surface area (Å²) in [6.07, 6.45) is 1.70. The molecule has 0 bridgehead atoms. The van der Waals surface area contributed by atoms with Crippen LogP contribution in [0.15, 0.2) is 41.0 Å². The van der Waals surface area contributed by atoms with E-state index in [4.69, 9.17) is 16.9 Å². The first kappa shape index (κ1) is 12.2. The second-order valence-electron chi connectivity index (χ2n) is 3.88. The normalized spacial score (nSPS) is 10.6. The molecule has 2 heterocycles. The molecule has 0 unspecified atom stereocenters. The Hall–Kier alpha value is -1.90. The Kier molecular flexibility index (Phi) is 2.97. The number of hydrogen-bond donors (Lipinski definition) is 0. The van der Waals surface area contributed by atoms with Gasteiger partial charge in [-0.3, -0.25) is 4.40 Å². The second kappa shape index (κ2) is 4.65. The van der Waals surface area contributed by atoms with E-state index in [9.17, 15) is 0 Å². The summed E-state index contributed by atoms with van der Waals surface area (Å²) in [6.45, 7) is 0. The molecular weight excluding hydrogens is 328 g/mol. The van der Waals surface area contributed by atoms with Gasteiger partial charge in [0.25, 0.3) is 0 Å². The van der Waals surface area contributed by atoms with E-state index in [0.29, 0.717) is 22.1 Å². The van der Waals surface area contributed by atoms with E-state index >= 15 is 0 Å². The largest absolute Gasteiger partial charge is 0.281 e. The minimum absolute atomic E-state index is 0.541. The molecule has 0 atom stereocenters. The minimum atomic E-state index is 0.541. The molecule has 0 N–H and O–H groups in total. The Morgan fingerprint density at radius 3 is 2.84 bits per heavy atom.